The number of nitrogens with one attached hydrogen (secondary N) is 1. The summed E-state index contributed by atoms with van der Waals surface area (Å²) in [5.41, 5.74) is 3.84. The largest absolute Gasteiger partial charge is 0.416 e. The number of thiophene rings is 1. The number of hydrogen-bond acceptors (Lipinski definition) is 5. The Morgan fingerprint density at radius 1 is 1.33 bits per heavy atom. The van der Waals surface area contributed by atoms with Crippen molar-refractivity contribution in [2.24, 2.45) is 5.73 Å². The topological polar surface area (TPSA) is 107 Å². The van der Waals surface area contributed by atoms with Gasteiger partial charge in [0.25, 0.3) is 11.5 Å². The van der Waals surface area contributed by atoms with E-state index in [2.05, 4.69) is 10.3 Å². The van der Waals surface area contributed by atoms with Gasteiger partial charge in [0.15, 0.2) is 0 Å². The molecule has 1 unspecified atom stereocenters. The van der Waals surface area contributed by atoms with Crippen molar-refractivity contribution >= 4 is 50.7 Å². The van der Waals surface area contributed by atoms with Gasteiger partial charge in [-0.05, 0) is 37.6 Å². The average Bonchev–Trinajstić information content (AvgIpc) is 3.00. The lowest BCUT2D eigenvalue weighted by Crippen LogP contribution is -2.32. The molecular formula is C18H14ClF3N4O3S. The Balaban J connectivity index is 1.97. The molecule has 0 spiro atoms. The standard InChI is InChI=1S/C18H14ClF3N4O3S/c1-7-12-16(30-13(7)14(23)27)24-6-26(17(12)29)8(2)15(28)25-11-5-9(18(20,21)22)3-4-10(11)19/h3-6,8H,1-2H3,(H2,23,27)(H,25,28). The summed E-state index contributed by atoms with van der Waals surface area (Å²) in [6.45, 7) is 2.92. The van der Waals surface area contributed by atoms with Crippen LogP contribution in [0.3, 0.4) is 0 Å². The van der Waals surface area contributed by atoms with Crippen LogP contribution in [0.4, 0.5) is 18.9 Å². The van der Waals surface area contributed by atoms with Crippen LogP contribution in [0.2, 0.25) is 5.02 Å². The molecule has 3 rings (SSSR count). The van der Waals surface area contributed by atoms with Gasteiger partial charge in [-0.15, -0.1) is 11.3 Å². The van der Waals surface area contributed by atoms with Crippen LogP contribution in [0.5, 0.6) is 0 Å². The van der Waals surface area contributed by atoms with Crippen LogP contribution in [0, 0.1) is 6.92 Å². The predicted octanol–water partition coefficient (Wildman–Crippen LogP) is 3.74. The number of carbonyl (C=O) groups is 2. The Labute approximate surface area is 176 Å². The molecule has 0 bridgehead atoms. The summed E-state index contributed by atoms with van der Waals surface area (Å²) in [4.78, 5) is 41.5. The summed E-state index contributed by atoms with van der Waals surface area (Å²) >= 11 is 6.86. The number of fused-ring (bicyclic) bond motifs is 1. The minimum absolute atomic E-state index is 0.0933. The van der Waals surface area contributed by atoms with E-state index in [1.807, 2.05) is 0 Å². The molecule has 0 saturated carbocycles. The number of rotatable bonds is 4. The van der Waals surface area contributed by atoms with Gasteiger partial charge in [-0.25, -0.2) is 4.98 Å². The Morgan fingerprint density at radius 2 is 2.00 bits per heavy atom. The lowest BCUT2D eigenvalue weighted by Gasteiger charge is -2.16. The van der Waals surface area contributed by atoms with E-state index in [4.69, 9.17) is 17.3 Å². The summed E-state index contributed by atoms with van der Waals surface area (Å²) in [6.07, 6.45) is -3.49. The highest BCUT2D eigenvalue weighted by atomic mass is 35.5. The van der Waals surface area contributed by atoms with Gasteiger partial charge in [0, 0.05) is 0 Å². The number of nitrogens with two attached hydrogens (primary N) is 1. The Kier molecular flexibility index (Phi) is 5.61. The van der Waals surface area contributed by atoms with Gasteiger partial charge in [0.05, 0.1) is 32.9 Å². The Bertz CT molecular complexity index is 1240. The first-order valence-corrected chi connectivity index (χ1v) is 9.59. The molecule has 30 heavy (non-hydrogen) atoms. The van der Waals surface area contributed by atoms with Crippen molar-refractivity contribution in [1.82, 2.24) is 9.55 Å². The highest BCUT2D eigenvalue weighted by Crippen LogP contribution is 2.34. The van der Waals surface area contributed by atoms with Crippen molar-refractivity contribution in [3.63, 3.8) is 0 Å². The van der Waals surface area contributed by atoms with E-state index in [1.165, 1.54) is 6.92 Å². The number of anilines is 1. The molecule has 2 heterocycles. The molecule has 3 aromatic rings. The monoisotopic (exact) mass is 458 g/mol. The van der Waals surface area contributed by atoms with Gasteiger partial charge in [0.2, 0.25) is 5.91 Å². The summed E-state index contributed by atoms with van der Waals surface area (Å²) in [6, 6.07) is 1.39. The molecule has 0 saturated heterocycles. The second-order valence-electron chi connectivity index (χ2n) is 6.42. The third-order valence-corrected chi connectivity index (χ3v) is 5.99. The summed E-state index contributed by atoms with van der Waals surface area (Å²) < 4.78 is 39.8. The molecule has 0 aliphatic heterocycles. The van der Waals surface area contributed by atoms with Crippen molar-refractivity contribution in [1.29, 1.82) is 0 Å². The number of aryl methyl sites for hydroxylation is 1. The number of benzene rings is 1. The maximum Gasteiger partial charge on any atom is 0.416 e. The van der Waals surface area contributed by atoms with E-state index >= 15 is 0 Å². The third-order valence-electron chi connectivity index (χ3n) is 4.45. The van der Waals surface area contributed by atoms with E-state index in [0.29, 0.717) is 11.6 Å². The Morgan fingerprint density at radius 3 is 2.60 bits per heavy atom. The zero-order valence-corrected chi connectivity index (χ0v) is 17.1. The van der Waals surface area contributed by atoms with Gasteiger partial charge in [-0.3, -0.25) is 19.0 Å². The fourth-order valence-electron chi connectivity index (χ4n) is 2.81. The fourth-order valence-corrected chi connectivity index (χ4v) is 3.97. The Hall–Kier alpha value is -2.92. The van der Waals surface area contributed by atoms with Crippen LogP contribution in [-0.2, 0) is 11.0 Å². The van der Waals surface area contributed by atoms with Crippen LogP contribution in [0.25, 0.3) is 10.2 Å². The molecule has 2 amide bonds. The maximum atomic E-state index is 12.9. The maximum absolute atomic E-state index is 12.9. The minimum atomic E-state index is -4.61. The number of halogens is 4. The summed E-state index contributed by atoms with van der Waals surface area (Å²) in [7, 11) is 0. The van der Waals surface area contributed by atoms with Crippen molar-refractivity contribution in [3.8, 4) is 0 Å². The first-order chi connectivity index (χ1) is 13.9. The van der Waals surface area contributed by atoms with E-state index in [-0.39, 0.29) is 25.8 Å². The predicted molar refractivity (Wildman–Crippen MR) is 107 cm³/mol. The molecule has 0 aliphatic rings. The molecule has 7 nitrogen and oxygen atoms in total. The lowest BCUT2D eigenvalue weighted by atomic mass is 10.1. The van der Waals surface area contributed by atoms with Gasteiger partial charge in [-0.1, -0.05) is 11.6 Å². The molecule has 2 aromatic heterocycles. The first-order valence-electron chi connectivity index (χ1n) is 8.39. The van der Waals surface area contributed by atoms with Crippen molar-refractivity contribution in [3.05, 3.63) is 55.9 Å². The second kappa shape index (κ2) is 7.73. The summed E-state index contributed by atoms with van der Waals surface area (Å²) in [5.74, 6) is -1.48. The molecule has 0 radical (unpaired) electrons. The number of alkyl halides is 3. The minimum Gasteiger partial charge on any atom is -0.365 e. The molecule has 12 heteroatoms. The molecule has 0 fully saturated rings. The number of aromatic nitrogens is 2. The molecule has 158 valence electrons. The van der Waals surface area contributed by atoms with Gasteiger partial charge >= 0.3 is 6.18 Å². The van der Waals surface area contributed by atoms with Crippen LogP contribution in [0.15, 0.2) is 29.3 Å². The highest BCUT2D eigenvalue weighted by molar-refractivity contribution is 7.20. The van der Waals surface area contributed by atoms with E-state index in [0.717, 1.165) is 34.4 Å². The third kappa shape index (κ3) is 3.90. The van der Waals surface area contributed by atoms with Gasteiger partial charge in [-0.2, -0.15) is 13.2 Å². The quantitative estimate of drug-likeness (QED) is 0.621. The average molecular weight is 459 g/mol. The van der Waals surface area contributed by atoms with E-state index in [1.54, 1.807) is 6.92 Å². The summed E-state index contributed by atoms with van der Waals surface area (Å²) in [5, 5.41) is 2.36. The van der Waals surface area contributed by atoms with Crippen LogP contribution < -0.4 is 16.6 Å². The van der Waals surface area contributed by atoms with Crippen LogP contribution in [0.1, 0.15) is 33.8 Å². The number of carbonyl (C=O) groups excluding carboxylic acids is 2. The SMILES string of the molecule is Cc1c(C(N)=O)sc2ncn(C(C)C(=O)Nc3cc(C(F)(F)F)ccc3Cl)c(=O)c12. The molecule has 1 atom stereocenters. The van der Waals surface area contributed by atoms with E-state index < -0.39 is 35.2 Å². The normalized spacial score (nSPS) is 12.7. The van der Waals surface area contributed by atoms with Gasteiger partial charge in [0.1, 0.15) is 10.9 Å². The van der Waals surface area contributed by atoms with Gasteiger partial charge < -0.3 is 11.1 Å². The van der Waals surface area contributed by atoms with Crippen molar-refractivity contribution < 1.29 is 22.8 Å². The van der Waals surface area contributed by atoms with E-state index in [9.17, 15) is 27.6 Å². The number of nitrogens with zero attached hydrogens (tertiary/aromatic N) is 2. The highest BCUT2D eigenvalue weighted by Gasteiger charge is 2.31. The molecule has 3 N–H and O–H groups in total. The van der Waals surface area contributed by atoms with Crippen molar-refractivity contribution in [2.75, 3.05) is 5.32 Å². The number of amides is 2. The second-order valence-corrected chi connectivity index (χ2v) is 7.82. The molecule has 0 aliphatic carbocycles. The number of hydrogen-bond donors (Lipinski definition) is 2. The van der Waals surface area contributed by atoms with Crippen molar-refractivity contribution in [2.45, 2.75) is 26.1 Å². The zero-order valence-electron chi connectivity index (χ0n) is 15.5. The lowest BCUT2D eigenvalue weighted by molar-refractivity contribution is -0.137. The van der Waals surface area contributed by atoms with Crippen LogP contribution in [-0.4, -0.2) is 21.4 Å². The van der Waals surface area contributed by atoms with Crippen LogP contribution >= 0.6 is 22.9 Å². The zero-order chi connectivity index (χ0) is 22.4. The fraction of sp³-hybridized carbons (Fsp3) is 0.222. The first kappa shape index (κ1) is 21.8. The number of primary amides is 1. The molecule has 1 aromatic carbocycles. The smallest absolute Gasteiger partial charge is 0.365 e. The molecular weight excluding hydrogens is 445 g/mol.